The topological polar surface area (TPSA) is 47.0 Å². The molecule has 0 saturated carbocycles. The van der Waals surface area contributed by atoms with E-state index in [1.54, 1.807) is 12.4 Å². The van der Waals surface area contributed by atoms with Crippen molar-refractivity contribution in [1.29, 1.82) is 0 Å². The largest absolute Gasteiger partial charge is 0.494 e. The third kappa shape index (κ3) is 3.44. The minimum Gasteiger partial charge on any atom is -0.494 e. The van der Waals surface area contributed by atoms with E-state index in [4.69, 9.17) is 4.74 Å². The lowest BCUT2D eigenvalue weighted by Gasteiger charge is -2.10. The first kappa shape index (κ1) is 13.3. The zero-order chi connectivity index (χ0) is 13.5. The molecule has 1 aromatic heterocycles. The molecule has 0 aliphatic carbocycles. The molecule has 0 atom stereocenters. The molecule has 4 nitrogen and oxygen atoms in total. The van der Waals surface area contributed by atoms with Gasteiger partial charge >= 0.3 is 0 Å². The summed E-state index contributed by atoms with van der Waals surface area (Å²) in [5.41, 5.74) is 1.91. The first-order valence-corrected chi connectivity index (χ1v) is 6.63. The fraction of sp³-hybridized carbons (Fsp3) is 0.333. The van der Waals surface area contributed by atoms with Crippen molar-refractivity contribution in [3.63, 3.8) is 0 Å². The Morgan fingerprint density at radius 2 is 1.79 bits per heavy atom. The van der Waals surface area contributed by atoms with Gasteiger partial charge in [0.05, 0.1) is 6.61 Å². The molecule has 0 aliphatic rings. The summed E-state index contributed by atoms with van der Waals surface area (Å²) in [6.45, 7) is 5.67. The first-order valence-electron chi connectivity index (χ1n) is 6.63. The van der Waals surface area contributed by atoms with Crippen LogP contribution < -0.4 is 10.1 Å². The number of anilines is 1. The minimum atomic E-state index is 0.674. The molecule has 2 rings (SSSR count). The number of hydrogen-bond donors (Lipinski definition) is 1. The van der Waals surface area contributed by atoms with Crippen LogP contribution in [0, 0.1) is 0 Å². The highest BCUT2D eigenvalue weighted by Crippen LogP contribution is 2.25. The van der Waals surface area contributed by atoms with Crippen LogP contribution >= 0.6 is 0 Å². The van der Waals surface area contributed by atoms with Gasteiger partial charge < -0.3 is 10.1 Å². The Labute approximate surface area is 113 Å². The van der Waals surface area contributed by atoms with Crippen LogP contribution in [0.1, 0.15) is 20.3 Å². The van der Waals surface area contributed by atoms with Crippen molar-refractivity contribution in [3.8, 4) is 17.0 Å². The van der Waals surface area contributed by atoms with Gasteiger partial charge in [0.2, 0.25) is 0 Å². The second kappa shape index (κ2) is 6.73. The second-order valence-electron chi connectivity index (χ2n) is 4.14. The molecule has 1 N–H and O–H groups in total. The molecule has 0 aliphatic heterocycles. The number of ether oxygens (including phenoxy) is 1. The van der Waals surface area contributed by atoms with Gasteiger partial charge in [0.1, 0.15) is 11.4 Å². The van der Waals surface area contributed by atoms with Crippen LogP contribution in [0.25, 0.3) is 11.3 Å². The Kier molecular flexibility index (Phi) is 4.72. The Hall–Kier alpha value is -2.10. The Bertz CT molecular complexity index is 511. The Morgan fingerprint density at radius 3 is 2.47 bits per heavy atom. The van der Waals surface area contributed by atoms with Crippen molar-refractivity contribution in [3.05, 3.63) is 36.7 Å². The van der Waals surface area contributed by atoms with Gasteiger partial charge in [-0.25, -0.2) is 4.98 Å². The summed E-state index contributed by atoms with van der Waals surface area (Å²) in [5, 5.41) is 3.30. The molecule has 0 fully saturated rings. The Balaban J connectivity index is 2.25. The van der Waals surface area contributed by atoms with E-state index < -0.39 is 0 Å². The van der Waals surface area contributed by atoms with Crippen LogP contribution in [0.2, 0.25) is 0 Å². The second-order valence-corrected chi connectivity index (χ2v) is 4.14. The van der Waals surface area contributed by atoms with E-state index in [1.165, 1.54) is 0 Å². The molecule has 1 aromatic carbocycles. The predicted octanol–water partition coefficient (Wildman–Crippen LogP) is 3.36. The van der Waals surface area contributed by atoms with Gasteiger partial charge in [0.25, 0.3) is 0 Å². The summed E-state index contributed by atoms with van der Waals surface area (Å²) in [6.07, 6.45) is 4.47. The highest BCUT2D eigenvalue weighted by Gasteiger charge is 2.07. The summed E-state index contributed by atoms with van der Waals surface area (Å²) in [4.78, 5) is 8.76. The van der Waals surface area contributed by atoms with Crippen molar-refractivity contribution < 1.29 is 4.74 Å². The maximum atomic E-state index is 5.44. The average molecular weight is 257 g/mol. The van der Waals surface area contributed by atoms with E-state index in [-0.39, 0.29) is 0 Å². The summed E-state index contributed by atoms with van der Waals surface area (Å²) in [6, 6.07) is 7.92. The van der Waals surface area contributed by atoms with Crippen LogP contribution in [0.15, 0.2) is 36.7 Å². The van der Waals surface area contributed by atoms with E-state index in [2.05, 4.69) is 22.2 Å². The monoisotopic (exact) mass is 257 g/mol. The van der Waals surface area contributed by atoms with Crippen molar-refractivity contribution in [2.24, 2.45) is 0 Å². The van der Waals surface area contributed by atoms with Crippen LogP contribution in [-0.4, -0.2) is 23.1 Å². The van der Waals surface area contributed by atoms with Crippen LogP contribution in [0.4, 0.5) is 5.82 Å². The van der Waals surface area contributed by atoms with Crippen molar-refractivity contribution in [2.75, 3.05) is 18.5 Å². The van der Waals surface area contributed by atoms with Crippen molar-refractivity contribution in [1.82, 2.24) is 9.97 Å². The van der Waals surface area contributed by atoms with Gasteiger partial charge in [-0.1, -0.05) is 6.92 Å². The predicted molar refractivity (Wildman–Crippen MR) is 77.4 cm³/mol. The lowest BCUT2D eigenvalue weighted by atomic mass is 10.1. The molecule has 0 unspecified atom stereocenters. The lowest BCUT2D eigenvalue weighted by Crippen LogP contribution is -2.04. The smallest absolute Gasteiger partial charge is 0.152 e. The normalized spacial score (nSPS) is 10.2. The number of rotatable bonds is 6. The average Bonchev–Trinajstić information content (AvgIpc) is 2.47. The molecule has 0 amide bonds. The molecule has 0 saturated heterocycles. The molecule has 1 heterocycles. The van der Waals surface area contributed by atoms with Crippen molar-refractivity contribution in [2.45, 2.75) is 20.3 Å². The van der Waals surface area contributed by atoms with Gasteiger partial charge in [-0.05, 0) is 37.6 Å². The standard InChI is InChI=1S/C15H19N3O/c1-3-9-17-15-14(16-10-11-18-15)12-5-7-13(8-6-12)19-4-2/h5-8,10-11H,3-4,9H2,1-2H3,(H,17,18). The highest BCUT2D eigenvalue weighted by atomic mass is 16.5. The van der Waals surface area contributed by atoms with Gasteiger partial charge in [0.15, 0.2) is 5.82 Å². The molecule has 0 spiro atoms. The molecule has 0 radical (unpaired) electrons. The molecule has 4 heteroatoms. The molecule has 100 valence electrons. The summed E-state index contributed by atoms with van der Waals surface area (Å²) < 4.78 is 5.44. The summed E-state index contributed by atoms with van der Waals surface area (Å²) in [7, 11) is 0. The summed E-state index contributed by atoms with van der Waals surface area (Å²) >= 11 is 0. The number of aromatic nitrogens is 2. The van der Waals surface area contributed by atoms with Crippen LogP contribution in [0.5, 0.6) is 5.75 Å². The van der Waals surface area contributed by atoms with Crippen LogP contribution in [-0.2, 0) is 0 Å². The number of nitrogens with one attached hydrogen (secondary N) is 1. The number of nitrogens with zero attached hydrogens (tertiary/aromatic N) is 2. The third-order valence-electron chi connectivity index (χ3n) is 2.68. The van der Waals surface area contributed by atoms with Gasteiger partial charge in [-0.2, -0.15) is 0 Å². The SMILES string of the molecule is CCCNc1nccnc1-c1ccc(OCC)cc1. The fourth-order valence-corrected chi connectivity index (χ4v) is 1.80. The molecule has 0 bridgehead atoms. The number of hydrogen-bond acceptors (Lipinski definition) is 4. The molecular formula is C15H19N3O. The zero-order valence-corrected chi connectivity index (χ0v) is 11.4. The van der Waals surface area contributed by atoms with Crippen LogP contribution in [0.3, 0.4) is 0 Å². The number of benzene rings is 1. The minimum absolute atomic E-state index is 0.674. The third-order valence-corrected chi connectivity index (χ3v) is 2.68. The van der Waals surface area contributed by atoms with E-state index in [0.717, 1.165) is 35.8 Å². The maximum Gasteiger partial charge on any atom is 0.152 e. The summed E-state index contributed by atoms with van der Waals surface area (Å²) in [5.74, 6) is 1.70. The van der Waals surface area contributed by atoms with E-state index >= 15 is 0 Å². The maximum absolute atomic E-state index is 5.44. The quantitative estimate of drug-likeness (QED) is 0.862. The van der Waals surface area contributed by atoms with E-state index in [0.29, 0.717) is 6.61 Å². The van der Waals surface area contributed by atoms with Crippen molar-refractivity contribution >= 4 is 5.82 Å². The first-order chi connectivity index (χ1) is 9.35. The van der Waals surface area contributed by atoms with E-state index in [9.17, 15) is 0 Å². The zero-order valence-electron chi connectivity index (χ0n) is 11.4. The molecular weight excluding hydrogens is 238 g/mol. The van der Waals surface area contributed by atoms with E-state index in [1.807, 2.05) is 31.2 Å². The molecule has 2 aromatic rings. The fourth-order valence-electron chi connectivity index (χ4n) is 1.80. The van der Waals surface area contributed by atoms with Gasteiger partial charge in [-0.3, -0.25) is 4.98 Å². The van der Waals surface area contributed by atoms with Gasteiger partial charge in [-0.15, -0.1) is 0 Å². The highest BCUT2D eigenvalue weighted by molar-refractivity contribution is 5.71. The van der Waals surface area contributed by atoms with Gasteiger partial charge in [0, 0.05) is 24.5 Å². The molecule has 19 heavy (non-hydrogen) atoms. The lowest BCUT2D eigenvalue weighted by molar-refractivity contribution is 0.340. The Morgan fingerprint density at radius 1 is 1.05 bits per heavy atom.